The highest BCUT2D eigenvalue weighted by Gasteiger charge is 2.55. The molecule has 0 radical (unpaired) electrons. The minimum atomic E-state index is -4.80. The zero-order valence-electron chi connectivity index (χ0n) is 14.0. The van der Waals surface area contributed by atoms with Gasteiger partial charge in [-0.2, -0.15) is 41.7 Å². The summed E-state index contributed by atoms with van der Waals surface area (Å²) in [6.45, 7) is 1.35. The molecule has 0 unspecified atom stereocenters. The lowest BCUT2D eigenvalue weighted by molar-refractivity contribution is -0.137. The van der Waals surface area contributed by atoms with Crippen molar-refractivity contribution in [2.45, 2.75) is 31.2 Å². The maximum Gasteiger partial charge on any atom is 0.431 e. The molecule has 0 bridgehead atoms. The van der Waals surface area contributed by atoms with Crippen LogP contribution in [0.2, 0.25) is 0 Å². The second-order valence-electron chi connectivity index (χ2n) is 6.05. The average Bonchev–Trinajstić information content (AvgIpc) is 3.01. The van der Waals surface area contributed by atoms with Crippen molar-refractivity contribution in [3.05, 3.63) is 29.3 Å². The van der Waals surface area contributed by atoms with Crippen LogP contribution in [-0.4, -0.2) is 39.7 Å². The van der Waals surface area contributed by atoms with Gasteiger partial charge in [-0.25, -0.2) is 10.0 Å². The Bertz CT molecular complexity index is 942. The minimum absolute atomic E-state index is 0. The summed E-state index contributed by atoms with van der Waals surface area (Å²) < 4.78 is 78.1. The van der Waals surface area contributed by atoms with E-state index in [-0.39, 0.29) is 23.0 Å². The van der Waals surface area contributed by atoms with Crippen LogP contribution < -0.4 is 5.73 Å². The van der Waals surface area contributed by atoms with Gasteiger partial charge in [0.15, 0.2) is 5.84 Å². The van der Waals surface area contributed by atoms with Crippen molar-refractivity contribution in [3.63, 3.8) is 0 Å². The summed E-state index contributed by atoms with van der Waals surface area (Å²) in [5.74, 6) is -0.555. The first-order chi connectivity index (χ1) is 12.4. The van der Waals surface area contributed by atoms with E-state index in [0.29, 0.717) is 6.07 Å². The van der Waals surface area contributed by atoms with Gasteiger partial charge in [0.25, 0.3) is 0 Å². The first kappa shape index (κ1) is 21.2. The lowest BCUT2D eigenvalue weighted by atomic mass is 9.95. The number of nitrogens with zero attached hydrogens (tertiary/aromatic N) is 5. The Morgan fingerprint density at radius 3 is 2.39 bits per heavy atom. The summed E-state index contributed by atoms with van der Waals surface area (Å²) in [6, 6.07) is 4.12. The smallest absolute Gasteiger partial charge is 0.412 e. The Labute approximate surface area is 153 Å². The largest absolute Gasteiger partial charge is 0.431 e. The van der Waals surface area contributed by atoms with E-state index in [4.69, 9.17) is 11.0 Å². The van der Waals surface area contributed by atoms with Gasteiger partial charge >= 0.3 is 12.4 Å². The summed E-state index contributed by atoms with van der Waals surface area (Å²) in [6.07, 6.45) is -10.1. The van der Waals surface area contributed by atoms with Gasteiger partial charge in [0.2, 0.25) is 5.96 Å². The van der Waals surface area contributed by atoms with Crippen LogP contribution in [0.5, 0.6) is 0 Å². The highest BCUT2D eigenvalue weighted by molar-refractivity contribution is 6.13. The van der Waals surface area contributed by atoms with Crippen molar-refractivity contribution in [1.82, 2.24) is 5.01 Å². The number of amidine groups is 1. The highest BCUT2D eigenvalue weighted by Crippen LogP contribution is 2.40. The Hall–Kier alpha value is -3.14. The molecule has 0 saturated carbocycles. The number of rotatable bonds is 1. The van der Waals surface area contributed by atoms with Gasteiger partial charge < -0.3 is 11.2 Å². The van der Waals surface area contributed by atoms with Crippen LogP contribution in [0.25, 0.3) is 0 Å². The molecule has 1 aromatic rings. The number of nitrogens with two attached hydrogens (primary N) is 1. The van der Waals surface area contributed by atoms with E-state index in [9.17, 15) is 26.3 Å². The van der Waals surface area contributed by atoms with Crippen molar-refractivity contribution < 1.29 is 31.8 Å². The molecule has 0 fully saturated rings. The molecule has 2 heterocycles. The van der Waals surface area contributed by atoms with E-state index in [2.05, 4.69) is 15.1 Å². The third-order valence-corrected chi connectivity index (χ3v) is 4.11. The monoisotopic (exact) mass is 406 g/mol. The summed E-state index contributed by atoms with van der Waals surface area (Å²) in [5, 5.41) is 13.1. The second-order valence-corrected chi connectivity index (χ2v) is 6.05. The molecule has 1 atom stereocenters. The number of halogens is 6. The molecule has 2 aliphatic rings. The minimum Gasteiger partial charge on any atom is -0.412 e. The highest BCUT2D eigenvalue weighted by atomic mass is 19.4. The quantitative estimate of drug-likeness (QED) is 0.721. The van der Waals surface area contributed by atoms with Gasteiger partial charge in [-0.15, -0.1) is 0 Å². The molecule has 1 aromatic carbocycles. The number of fused-ring (bicyclic) bond motifs is 1. The Morgan fingerprint density at radius 1 is 1.21 bits per heavy atom. The van der Waals surface area contributed by atoms with Crippen LogP contribution in [0.1, 0.15) is 24.5 Å². The van der Waals surface area contributed by atoms with Crippen LogP contribution >= 0.6 is 0 Å². The molecule has 7 nitrogen and oxygen atoms in total. The third-order valence-electron chi connectivity index (χ3n) is 4.11. The normalized spacial score (nSPS) is 23.1. The zero-order valence-corrected chi connectivity index (χ0v) is 14.0. The first-order valence-electron chi connectivity index (χ1n) is 7.36. The van der Waals surface area contributed by atoms with Crippen molar-refractivity contribution in [1.29, 1.82) is 5.26 Å². The summed E-state index contributed by atoms with van der Waals surface area (Å²) in [7, 11) is 0. The molecular formula is C15H12F6N6O. The molecular weight excluding hydrogens is 394 g/mol. The number of benzene rings is 1. The second kappa shape index (κ2) is 6.48. The fourth-order valence-corrected chi connectivity index (χ4v) is 2.78. The molecule has 0 aliphatic carbocycles. The van der Waals surface area contributed by atoms with Gasteiger partial charge in [0.1, 0.15) is 11.3 Å². The number of hydrogen-bond donors (Lipinski definition) is 1. The third kappa shape index (κ3) is 3.38. The SMILES string of the molecule is C[C@@]12CC(C(F)(F)F)=NN1C(N)=NC2=Nc1ccc(C#N)c(C(F)(F)F)c1.O. The van der Waals surface area contributed by atoms with Gasteiger partial charge in [-0.1, -0.05) is 0 Å². The maximum absolute atomic E-state index is 13.1. The van der Waals surface area contributed by atoms with Crippen LogP contribution in [0, 0.1) is 11.3 Å². The maximum atomic E-state index is 13.1. The number of aliphatic imine (C=N–C) groups is 2. The number of hydrogen-bond acceptors (Lipinski definition) is 5. The molecule has 2 aliphatic heterocycles. The van der Waals surface area contributed by atoms with Crippen molar-refractivity contribution in [2.75, 3.05) is 0 Å². The Balaban J connectivity index is 0.00000280. The molecule has 0 spiro atoms. The van der Waals surface area contributed by atoms with Crippen LogP contribution in [0.4, 0.5) is 32.0 Å². The van der Waals surface area contributed by atoms with E-state index >= 15 is 0 Å². The van der Waals surface area contributed by atoms with Gasteiger partial charge in [-0.05, 0) is 25.1 Å². The van der Waals surface area contributed by atoms with Crippen molar-refractivity contribution >= 4 is 23.2 Å². The van der Waals surface area contributed by atoms with E-state index in [0.717, 1.165) is 17.1 Å². The molecule has 3 rings (SSSR count). The van der Waals surface area contributed by atoms with Crippen molar-refractivity contribution in [2.24, 2.45) is 20.8 Å². The molecule has 150 valence electrons. The lowest BCUT2D eigenvalue weighted by Gasteiger charge is -2.25. The summed E-state index contributed by atoms with van der Waals surface area (Å²) >= 11 is 0. The number of nitriles is 1. The van der Waals surface area contributed by atoms with Gasteiger partial charge in [0, 0.05) is 6.42 Å². The van der Waals surface area contributed by atoms with E-state index in [1.807, 2.05) is 0 Å². The fraction of sp³-hybridized carbons (Fsp3) is 0.333. The molecule has 0 aromatic heterocycles. The Morgan fingerprint density at radius 2 is 1.86 bits per heavy atom. The van der Waals surface area contributed by atoms with E-state index < -0.39 is 41.2 Å². The number of hydrazone groups is 1. The Kier molecular flexibility index (Phi) is 4.90. The molecule has 0 saturated heterocycles. The van der Waals surface area contributed by atoms with E-state index in [1.165, 1.54) is 13.0 Å². The zero-order chi connectivity index (χ0) is 20.2. The molecule has 0 amide bonds. The first-order valence-corrected chi connectivity index (χ1v) is 7.36. The standard InChI is InChI=1S/C15H10F6N6.H2O/c1-13-5-10(15(19,20)21)26-27(13)12(23)25-11(13)24-8-3-2-7(6-22)9(4-8)14(16,17)18;/h2-4H,5H2,1H3,(H2,23,24,25);1H2/t13-;/m0./s1. The fourth-order valence-electron chi connectivity index (χ4n) is 2.78. The summed E-state index contributed by atoms with van der Waals surface area (Å²) in [5.41, 5.74) is 1.00. The number of alkyl halides is 6. The lowest BCUT2D eigenvalue weighted by Crippen LogP contribution is -2.45. The van der Waals surface area contributed by atoms with Gasteiger partial charge in [-0.3, -0.25) is 0 Å². The van der Waals surface area contributed by atoms with E-state index in [1.54, 1.807) is 0 Å². The summed E-state index contributed by atoms with van der Waals surface area (Å²) in [4.78, 5) is 7.79. The average molecular weight is 406 g/mol. The molecule has 13 heteroatoms. The van der Waals surface area contributed by atoms with Crippen molar-refractivity contribution in [3.8, 4) is 6.07 Å². The molecule has 28 heavy (non-hydrogen) atoms. The predicted molar refractivity (Wildman–Crippen MR) is 86.8 cm³/mol. The van der Waals surface area contributed by atoms with Gasteiger partial charge in [0.05, 0.1) is 22.9 Å². The molecule has 4 N–H and O–H groups in total. The van der Waals surface area contributed by atoms with Crippen LogP contribution in [-0.2, 0) is 6.18 Å². The predicted octanol–water partition coefficient (Wildman–Crippen LogP) is 2.49. The topological polar surface area (TPSA) is 122 Å². The van der Waals surface area contributed by atoms with Crippen LogP contribution in [0.15, 0.2) is 33.3 Å². The van der Waals surface area contributed by atoms with Crippen LogP contribution in [0.3, 0.4) is 0 Å². The number of guanidine groups is 1.